The Morgan fingerprint density at radius 1 is 1.10 bits per heavy atom. The number of aryl methyl sites for hydroxylation is 1. The number of hydrogen-bond acceptors (Lipinski definition) is 9. The predicted octanol–water partition coefficient (Wildman–Crippen LogP) is 0.681. The number of H-pyrrole nitrogens is 1. The summed E-state index contributed by atoms with van der Waals surface area (Å²) < 4.78 is 41.9. The number of hydrogen-bond donors (Lipinski definition) is 1. The fraction of sp³-hybridized carbons (Fsp3) is 0.389. The molecule has 1 aliphatic rings. The van der Waals surface area contributed by atoms with Crippen molar-refractivity contribution >= 4 is 21.7 Å². The largest absolute Gasteiger partial charge is 0.363 e. The smallest absolute Gasteiger partial charge is 0.243 e. The van der Waals surface area contributed by atoms with Gasteiger partial charge < -0.3 is 9.80 Å². The first kappa shape index (κ1) is 21.1. The van der Waals surface area contributed by atoms with Gasteiger partial charge in [0.2, 0.25) is 15.8 Å². The number of nitrogens with one attached hydrogen (secondary N) is 1. The van der Waals surface area contributed by atoms with Gasteiger partial charge in [-0.25, -0.2) is 22.8 Å². The average molecular weight is 448 g/mol. The van der Waals surface area contributed by atoms with Crippen LogP contribution in [0.5, 0.6) is 0 Å². The lowest BCUT2D eigenvalue weighted by Crippen LogP contribution is -2.49. The second-order valence-corrected chi connectivity index (χ2v) is 9.23. The van der Waals surface area contributed by atoms with Crippen molar-refractivity contribution < 1.29 is 12.8 Å². The van der Waals surface area contributed by atoms with E-state index in [9.17, 15) is 12.8 Å². The van der Waals surface area contributed by atoms with Gasteiger partial charge in [0, 0.05) is 46.3 Å². The molecule has 0 radical (unpaired) electrons. The first-order valence-electron chi connectivity index (χ1n) is 9.57. The van der Waals surface area contributed by atoms with Gasteiger partial charge in [0.1, 0.15) is 23.3 Å². The lowest BCUT2D eigenvalue weighted by atomic mass is 10.2. The summed E-state index contributed by atoms with van der Waals surface area (Å²) in [6.45, 7) is 3.32. The molecule has 1 fully saturated rings. The zero-order chi connectivity index (χ0) is 22.2. The topological polar surface area (TPSA) is 124 Å². The van der Waals surface area contributed by atoms with E-state index >= 15 is 0 Å². The maximum Gasteiger partial charge on any atom is 0.243 e. The summed E-state index contributed by atoms with van der Waals surface area (Å²) in [5, 5.41) is 13.1. The second kappa shape index (κ2) is 8.15. The van der Waals surface area contributed by atoms with E-state index < -0.39 is 15.8 Å². The van der Waals surface area contributed by atoms with Gasteiger partial charge in [-0.1, -0.05) is 0 Å². The second-order valence-electron chi connectivity index (χ2n) is 7.29. The highest BCUT2D eigenvalue weighted by atomic mass is 32.2. The molecule has 1 aliphatic heterocycles. The van der Waals surface area contributed by atoms with Crippen LogP contribution in [0, 0.1) is 12.7 Å². The molecule has 0 atom stereocenters. The van der Waals surface area contributed by atoms with Gasteiger partial charge in [0.25, 0.3) is 0 Å². The summed E-state index contributed by atoms with van der Waals surface area (Å²) in [4.78, 5) is 12.8. The number of piperazine rings is 1. The minimum absolute atomic E-state index is 0.00445. The minimum atomic E-state index is -3.81. The molecule has 2 aromatic heterocycles. The van der Waals surface area contributed by atoms with Gasteiger partial charge in [-0.15, -0.1) is 10.2 Å². The van der Waals surface area contributed by atoms with Crippen molar-refractivity contribution in [2.75, 3.05) is 50.1 Å². The van der Waals surface area contributed by atoms with Crippen LogP contribution in [0.4, 0.5) is 16.0 Å². The molecule has 0 amide bonds. The normalized spacial score (nSPS) is 15.3. The highest BCUT2D eigenvalue weighted by molar-refractivity contribution is 7.89. The molecule has 1 aromatic carbocycles. The molecule has 1 N–H and O–H groups in total. The summed E-state index contributed by atoms with van der Waals surface area (Å²) >= 11 is 0. The van der Waals surface area contributed by atoms with Gasteiger partial charge in [0.05, 0.1) is 10.5 Å². The Labute approximate surface area is 179 Å². The molecular formula is C18H22FN9O2S. The summed E-state index contributed by atoms with van der Waals surface area (Å²) in [7, 11) is -0.00618. The third-order valence-corrected chi connectivity index (χ3v) is 6.89. The standard InChI is InChI=1S/C18H22FN9O2S/c1-12-20-16(26(2)3)11-17(21-12)27-6-8-28(9-7-27)31(29,30)13-4-5-15(19)14(10-13)18-22-24-25-23-18/h4-5,10-11H,6-9H2,1-3H3,(H,22,23,24,25). The highest BCUT2D eigenvalue weighted by Crippen LogP contribution is 2.26. The molecule has 4 rings (SSSR count). The lowest BCUT2D eigenvalue weighted by molar-refractivity contribution is 0.383. The van der Waals surface area contributed by atoms with E-state index in [0.29, 0.717) is 18.9 Å². The van der Waals surface area contributed by atoms with Crippen molar-refractivity contribution in [1.29, 1.82) is 0 Å². The monoisotopic (exact) mass is 447 g/mol. The first-order valence-corrected chi connectivity index (χ1v) is 11.0. The van der Waals surface area contributed by atoms with E-state index in [0.717, 1.165) is 17.7 Å². The summed E-state index contributed by atoms with van der Waals surface area (Å²) in [6.07, 6.45) is 0. The van der Waals surface area contributed by atoms with Crippen LogP contribution < -0.4 is 9.80 Å². The summed E-state index contributed by atoms with van der Waals surface area (Å²) in [6, 6.07) is 5.46. The molecule has 3 heterocycles. The number of halogens is 1. The molecule has 164 valence electrons. The molecule has 0 aliphatic carbocycles. The van der Waals surface area contributed by atoms with Gasteiger partial charge in [0.15, 0.2) is 0 Å². The Morgan fingerprint density at radius 3 is 2.48 bits per heavy atom. The molecule has 31 heavy (non-hydrogen) atoms. The zero-order valence-electron chi connectivity index (χ0n) is 17.3. The van der Waals surface area contributed by atoms with Crippen molar-refractivity contribution in [1.82, 2.24) is 34.9 Å². The molecule has 0 saturated carbocycles. The molecule has 0 spiro atoms. The number of sulfonamides is 1. The highest BCUT2D eigenvalue weighted by Gasteiger charge is 2.30. The maximum atomic E-state index is 14.2. The number of rotatable bonds is 5. The van der Waals surface area contributed by atoms with Crippen LogP contribution in [-0.2, 0) is 10.0 Å². The van der Waals surface area contributed by atoms with Crippen LogP contribution in [0.1, 0.15) is 5.82 Å². The minimum Gasteiger partial charge on any atom is -0.363 e. The molecule has 3 aromatic rings. The summed E-state index contributed by atoms with van der Waals surface area (Å²) in [5.41, 5.74) is -0.0267. The maximum absolute atomic E-state index is 14.2. The van der Waals surface area contributed by atoms with Crippen molar-refractivity contribution in [3.8, 4) is 11.4 Å². The Morgan fingerprint density at radius 2 is 1.84 bits per heavy atom. The number of aromatic nitrogens is 6. The SMILES string of the molecule is Cc1nc(N(C)C)cc(N2CCN(S(=O)(=O)c3ccc(F)c(-c4nn[nH]n4)c3)CC2)n1. The quantitative estimate of drug-likeness (QED) is 0.601. The van der Waals surface area contributed by atoms with Gasteiger partial charge in [-0.2, -0.15) is 9.52 Å². The van der Waals surface area contributed by atoms with Crippen LogP contribution in [-0.4, -0.2) is 83.6 Å². The van der Waals surface area contributed by atoms with Crippen LogP contribution >= 0.6 is 0 Å². The van der Waals surface area contributed by atoms with Gasteiger partial charge in [-0.05, 0) is 30.3 Å². The Balaban J connectivity index is 1.53. The average Bonchev–Trinajstić information content (AvgIpc) is 3.28. The van der Waals surface area contributed by atoms with Crippen molar-refractivity contribution in [3.63, 3.8) is 0 Å². The Bertz CT molecular complexity index is 1180. The lowest BCUT2D eigenvalue weighted by Gasteiger charge is -2.35. The van der Waals surface area contributed by atoms with Crippen molar-refractivity contribution in [3.05, 3.63) is 35.9 Å². The molecule has 0 unspecified atom stereocenters. The van der Waals surface area contributed by atoms with E-state index in [1.165, 1.54) is 16.4 Å². The Hall–Kier alpha value is -3.19. The number of nitrogens with zero attached hydrogens (tertiary/aromatic N) is 8. The number of tetrazole rings is 1. The van der Waals surface area contributed by atoms with Crippen molar-refractivity contribution in [2.24, 2.45) is 0 Å². The van der Waals surface area contributed by atoms with E-state index in [2.05, 4.69) is 30.6 Å². The molecular weight excluding hydrogens is 425 g/mol. The molecule has 1 saturated heterocycles. The third kappa shape index (κ3) is 4.18. The van der Waals surface area contributed by atoms with E-state index in [1.807, 2.05) is 36.9 Å². The van der Waals surface area contributed by atoms with Crippen molar-refractivity contribution in [2.45, 2.75) is 11.8 Å². The van der Waals surface area contributed by atoms with E-state index in [4.69, 9.17) is 0 Å². The fourth-order valence-corrected chi connectivity index (χ4v) is 4.80. The molecule has 0 bridgehead atoms. The van der Waals surface area contributed by atoms with Crippen LogP contribution in [0.15, 0.2) is 29.2 Å². The third-order valence-electron chi connectivity index (χ3n) is 4.99. The van der Waals surface area contributed by atoms with Crippen LogP contribution in [0.25, 0.3) is 11.4 Å². The Kier molecular flexibility index (Phi) is 5.54. The summed E-state index contributed by atoms with van der Waals surface area (Å²) in [5.74, 6) is 1.57. The van der Waals surface area contributed by atoms with E-state index in [-0.39, 0.29) is 29.4 Å². The number of aromatic amines is 1. The predicted molar refractivity (Wildman–Crippen MR) is 112 cm³/mol. The van der Waals surface area contributed by atoms with Crippen LogP contribution in [0.3, 0.4) is 0 Å². The molecule has 11 nitrogen and oxygen atoms in total. The fourth-order valence-electron chi connectivity index (χ4n) is 3.35. The first-order chi connectivity index (χ1) is 14.8. The van der Waals surface area contributed by atoms with Gasteiger partial charge in [-0.3, -0.25) is 0 Å². The van der Waals surface area contributed by atoms with E-state index in [1.54, 1.807) is 0 Å². The van der Waals surface area contributed by atoms with Gasteiger partial charge >= 0.3 is 0 Å². The zero-order valence-corrected chi connectivity index (χ0v) is 18.1. The number of benzene rings is 1. The van der Waals surface area contributed by atoms with Crippen LogP contribution in [0.2, 0.25) is 0 Å². The number of anilines is 2. The molecule has 13 heteroatoms.